The first kappa shape index (κ1) is 21.1. The summed E-state index contributed by atoms with van der Waals surface area (Å²) < 4.78 is 43.7. The number of ether oxygens (including phenoxy) is 1. The van der Waals surface area contributed by atoms with E-state index in [0.717, 1.165) is 18.4 Å². The molecule has 0 spiro atoms. The van der Waals surface area contributed by atoms with E-state index in [2.05, 4.69) is 5.32 Å². The van der Waals surface area contributed by atoms with E-state index in [-0.39, 0.29) is 17.8 Å². The molecule has 8 heteroatoms. The summed E-state index contributed by atoms with van der Waals surface area (Å²) in [7, 11) is -3.34. The molecule has 3 rings (SSSR count). The van der Waals surface area contributed by atoms with Crippen molar-refractivity contribution in [1.29, 1.82) is 0 Å². The van der Waals surface area contributed by atoms with Crippen molar-refractivity contribution in [3.05, 3.63) is 59.4 Å². The van der Waals surface area contributed by atoms with Crippen molar-refractivity contribution < 1.29 is 22.3 Å². The van der Waals surface area contributed by atoms with Gasteiger partial charge in [0.1, 0.15) is 11.6 Å². The highest BCUT2D eigenvalue weighted by atomic mass is 32.2. The lowest BCUT2D eigenvalue weighted by Crippen LogP contribution is -2.34. The molecule has 1 aliphatic rings. The Hall–Kier alpha value is -2.61. The lowest BCUT2D eigenvalue weighted by Gasteiger charge is -2.21. The molecule has 1 atom stereocenters. The third kappa shape index (κ3) is 5.26. The zero-order valence-corrected chi connectivity index (χ0v) is 17.3. The maximum absolute atomic E-state index is 12.8. The minimum Gasteiger partial charge on any atom is -0.494 e. The molecule has 0 saturated heterocycles. The first-order chi connectivity index (χ1) is 13.8. The van der Waals surface area contributed by atoms with Crippen molar-refractivity contribution in [1.82, 2.24) is 5.32 Å². The Morgan fingerprint density at radius 1 is 1.21 bits per heavy atom. The van der Waals surface area contributed by atoms with E-state index < -0.39 is 10.0 Å². The summed E-state index contributed by atoms with van der Waals surface area (Å²) in [4.78, 5) is 12.4. The van der Waals surface area contributed by atoms with Crippen LogP contribution in [0.2, 0.25) is 0 Å². The minimum absolute atomic E-state index is 0.153. The Kier molecular flexibility index (Phi) is 6.42. The molecule has 1 aliphatic heterocycles. The molecule has 0 bridgehead atoms. The van der Waals surface area contributed by atoms with E-state index in [4.69, 9.17) is 4.74 Å². The normalized spacial score (nSPS) is 15.8. The maximum atomic E-state index is 12.8. The number of hydrogen-bond acceptors (Lipinski definition) is 4. The quantitative estimate of drug-likeness (QED) is 0.666. The third-order valence-electron chi connectivity index (χ3n) is 4.79. The molecule has 1 N–H and O–H groups in total. The predicted octanol–water partition coefficient (Wildman–Crippen LogP) is 3.13. The standard InChI is InChI=1S/C21H25FN2O4S/c1-15-13-17-14-16(5-10-20(17)24(15)29(2,26)27)21(25)23-11-3-4-12-28-19-8-6-18(22)7-9-19/h5-10,14-15H,3-4,11-13H2,1-2H3,(H,23,25). The summed E-state index contributed by atoms with van der Waals surface area (Å²) >= 11 is 0. The van der Waals surface area contributed by atoms with Crippen LogP contribution < -0.4 is 14.4 Å². The summed E-state index contributed by atoms with van der Waals surface area (Å²) in [6, 6.07) is 10.8. The van der Waals surface area contributed by atoms with Crippen molar-refractivity contribution in [3.8, 4) is 5.75 Å². The summed E-state index contributed by atoms with van der Waals surface area (Å²) in [6.07, 6.45) is 3.28. The fourth-order valence-corrected chi connectivity index (χ4v) is 4.76. The van der Waals surface area contributed by atoms with E-state index >= 15 is 0 Å². The Balaban J connectivity index is 1.46. The highest BCUT2D eigenvalue weighted by Gasteiger charge is 2.32. The average molecular weight is 421 g/mol. The Labute approximate surface area is 170 Å². The van der Waals surface area contributed by atoms with Crippen LogP contribution in [-0.2, 0) is 16.4 Å². The molecule has 2 aromatic rings. The van der Waals surface area contributed by atoms with Gasteiger partial charge in [-0.2, -0.15) is 0 Å². The molecule has 156 valence electrons. The molecule has 0 fully saturated rings. The Morgan fingerprint density at radius 2 is 1.93 bits per heavy atom. The number of rotatable bonds is 8. The van der Waals surface area contributed by atoms with E-state index in [0.29, 0.717) is 36.6 Å². The molecule has 1 heterocycles. The van der Waals surface area contributed by atoms with Gasteiger partial charge in [0, 0.05) is 18.2 Å². The van der Waals surface area contributed by atoms with Crippen LogP contribution in [-0.4, -0.2) is 39.8 Å². The minimum atomic E-state index is -3.34. The predicted molar refractivity (Wildman–Crippen MR) is 110 cm³/mol. The third-order valence-corrected chi connectivity index (χ3v) is 6.06. The monoisotopic (exact) mass is 420 g/mol. The first-order valence-corrected chi connectivity index (χ1v) is 11.4. The van der Waals surface area contributed by atoms with Crippen molar-refractivity contribution in [3.63, 3.8) is 0 Å². The van der Waals surface area contributed by atoms with Gasteiger partial charge in [-0.05, 0) is 74.2 Å². The fourth-order valence-electron chi connectivity index (χ4n) is 3.50. The number of nitrogens with one attached hydrogen (secondary N) is 1. The van der Waals surface area contributed by atoms with E-state index in [1.54, 1.807) is 30.3 Å². The van der Waals surface area contributed by atoms with Crippen molar-refractivity contribution >= 4 is 21.6 Å². The van der Waals surface area contributed by atoms with Crippen LogP contribution in [0.5, 0.6) is 5.75 Å². The number of carbonyl (C=O) groups is 1. The number of benzene rings is 2. The maximum Gasteiger partial charge on any atom is 0.251 e. The van der Waals surface area contributed by atoms with Crippen LogP contribution >= 0.6 is 0 Å². The van der Waals surface area contributed by atoms with E-state index in [9.17, 15) is 17.6 Å². The van der Waals surface area contributed by atoms with Gasteiger partial charge in [-0.25, -0.2) is 12.8 Å². The lowest BCUT2D eigenvalue weighted by molar-refractivity contribution is 0.0952. The first-order valence-electron chi connectivity index (χ1n) is 9.54. The number of unbranched alkanes of at least 4 members (excludes halogenated alkanes) is 1. The number of sulfonamides is 1. The van der Waals surface area contributed by atoms with Crippen LogP contribution in [0.25, 0.3) is 0 Å². The van der Waals surface area contributed by atoms with Gasteiger partial charge in [-0.15, -0.1) is 0 Å². The SMILES string of the molecule is CC1Cc2cc(C(=O)NCCCCOc3ccc(F)cc3)ccc2N1S(C)(=O)=O. The molecule has 29 heavy (non-hydrogen) atoms. The lowest BCUT2D eigenvalue weighted by atomic mass is 10.1. The molecule has 1 unspecified atom stereocenters. The van der Waals surface area contributed by atoms with E-state index in [1.807, 2.05) is 6.92 Å². The number of nitrogens with zero attached hydrogens (tertiary/aromatic N) is 1. The van der Waals surface area contributed by atoms with Crippen molar-refractivity contribution in [2.24, 2.45) is 0 Å². The number of carbonyl (C=O) groups excluding carboxylic acids is 1. The summed E-state index contributed by atoms with van der Waals surface area (Å²) in [5.41, 5.74) is 2.03. The van der Waals surface area contributed by atoms with Crippen molar-refractivity contribution in [2.45, 2.75) is 32.2 Å². The topological polar surface area (TPSA) is 75.7 Å². The zero-order valence-electron chi connectivity index (χ0n) is 16.5. The van der Waals surface area contributed by atoms with Crippen LogP contribution in [0.15, 0.2) is 42.5 Å². The summed E-state index contributed by atoms with van der Waals surface area (Å²) in [5, 5.41) is 2.87. The van der Waals surface area contributed by atoms with Crippen LogP contribution in [0.1, 0.15) is 35.7 Å². The molecule has 2 aromatic carbocycles. The van der Waals surface area contributed by atoms with Gasteiger partial charge in [-0.3, -0.25) is 9.10 Å². The number of hydrogen-bond donors (Lipinski definition) is 1. The Bertz CT molecular complexity index is 977. The van der Waals surface area contributed by atoms with E-state index in [1.165, 1.54) is 22.7 Å². The largest absolute Gasteiger partial charge is 0.494 e. The second kappa shape index (κ2) is 8.82. The second-order valence-corrected chi connectivity index (χ2v) is 9.08. The number of anilines is 1. The average Bonchev–Trinajstić information content (AvgIpc) is 3.00. The van der Waals surface area contributed by atoms with Gasteiger partial charge in [0.15, 0.2) is 0 Å². The molecule has 0 saturated carbocycles. The zero-order chi connectivity index (χ0) is 21.0. The van der Waals surface area contributed by atoms with Crippen LogP contribution in [0.3, 0.4) is 0 Å². The number of amides is 1. The number of halogens is 1. The summed E-state index contributed by atoms with van der Waals surface area (Å²) in [6.45, 7) is 2.85. The molecule has 0 aliphatic carbocycles. The fraction of sp³-hybridized carbons (Fsp3) is 0.381. The Morgan fingerprint density at radius 3 is 2.62 bits per heavy atom. The smallest absolute Gasteiger partial charge is 0.251 e. The van der Waals surface area contributed by atoms with Crippen LogP contribution in [0.4, 0.5) is 10.1 Å². The second-order valence-electron chi connectivity index (χ2n) is 7.22. The highest BCUT2D eigenvalue weighted by Crippen LogP contribution is 2.34. The van der Waals surface area contributed by atoms with Gasteiger partial charge < -0.3 is 10.1 Å². The van der Waals surface area contributed by atoms with Gasteiger partial charge in [0.25, 0.3) is 5.91 Å². The van der Waals surface area contributed by atoms with Gasteiger partial charge >= 0.3 is 0 Å². The van der Waals surface area contributed by atoms with Crippen molar-refractivity contribution in [2.75, 3.05) is 23.7 Å². The van der Waals surface area contributed by atoms with Gasteiger partial charge in [0.2, 0.25) is 10.0 Å². The molecular weight excluding hydrogens is 395 g/mol. The molecule has 1 amide bonds. The summed E-state index contributed by atoms with van der Waals surface area (Å²) in [5.74, 6) is 0.133. The molecule has 0 aromatic heterocycles. The number of fused-ring (bicyclic) bond motifs is 1. The molecule has 0 radical (unpaired) electrons. The van der Waals surface area contributed by atoms with Gasteiger partial charge in [0.05, 0.1) is 18.6 Å². The molecule has 6 nitrogen and oxygen atoms in total. The van der Waals surface area contributed by atoms with Crippen LogP contribution in [0, 0.1) is 5.82 Å². The highest BCUT2D eigenvalue weighted by molar-refractivity contribution is 7.92. The molecular formula is C21H25FN2O4S. The van der Waals surface area contributed by atoms with Gasteiger partial charge in [-0.1, -0.05) is 0 Å².